The summed E-state index contributed by atoms with van der Waals surface area (Å²) in [6.45, 7) is 5.44. The minimum Gasteiger partial charge on any atom is -0.467 e. The molecule has 0 spiro atoms. The van der Waals surface area contributed by atoms with Crippen LogP contribution >= 0.6 is 0 Å². The third-order valence-corrected chi connectivity index (χ3v) is 6.64. The second kappa shape index (κ2) is 7.94. The number of nitrogens with two attached hydrogens (primary N) is 1. The number of anilines is 1. The molecule has 1 unspecified atom stereocenters. The number of fused-ring (bicyclic) bond motifs is 5. The molecule has 3 N–H and O–H groups in total. The zero-order valence-electron chi connectivity index (χ0n) is 18.2. The fourth-order valence-electron chi connectivity index (χ4n) is 3.88. The van der Waals surface area contributed by atoms with Crippen LogP contribution in [0.2, 0.25) is 0 Å². The molecule has 3 aromatic rings. The van der Waals surface area contributed by atoms with E-state index < -0.39 is 9.73 Å². The third-order valence-electron chi connectivity index (χ3n) is 5.48. The largest absolute Gasteiger partial charge is 0.467 e. The Morgan fingerprint density at radius 1 is 1.19 bits per heavy atom. The van der Waals surface area contributed by atoms with Gasteiger partial charge in [0, 0.05) is 29.8 Å². The normalized spacial score (nSPS) is 18.5. The number of hydrogen-bond donors (Lipinski definition) is 2. The lowest BCUT2D eigenvalue weighted by Gasteiger charge is -2.25. The molecule has 1 aromatic heterocycles. The van der Waals surface area contributed by atoms with Crippen molar-refractivity contribution in [1.29, 1.82) is 4.78 Å². The summed E-state index contributed by atoms with van der Waals surface area (Å²) in [7, 11) is -0.810. The summed E-state index contributed by atoms with van der Waals surface area (Å²) in [5.41, 5.74) is 11.9. The Bertz CT molecular complexity index is 1260. The first-order valence-corrected chi connectivity index (χ1v) is 12.0. The highest BCUT2D eigenvalue weighted by Gasteiger charge is 2.21. The molecule has 2 aromatic carbocycles. The van der Waals surface area contributed by atoms with Gasteiger partial charge in [-0.2, -0.15) is 0 Å². The Morgan fingerprint density at radius 3 is 2.65 bits per heavy atom. The fourth-order valence-corrected chi connectivity index (χ4v) is 4.55. The predicted molar refractivity (Wildman–Crippen MR) is 122 cm³/mol. The first-order chi connectivity index (χ1) is 14.6. The van der Waals surface area contributed by atoms with E-state index in [1.807, 2.05) is 13.0 Å². The summed E-state index contributed by atoms with van der Waals surface area (Å²) in [6.07, 6.45) is 2.75. The lowest BCUT2D eigenvalue weighted by atomic mass is 9.99. The van der Waals surface area contributed by atoms with Crippen LogP contribution in [0, 0.1) is 11.7 Å². The molecule has 0 saturated heterocycles. The average Bonchev–Trinajstić information content (AvgIpc) is 2.69. The van der Waals surface area contributed by atoms with Crippen molar-refractivity contribution >= 4 is 15.5 Å². The Morgan fingerprint density at radius 2 is 1.90 bits per heavy atom. The van der Waals surface area contributed by atoms with Gasteiger partial charge in [-0.3, -0.25) is 4.90 Å². The highest BCUT2D eigenvalue weighted by Crippen LogP contribution is 2.33. The van der Waals surface area contributed by atoms with Crippen molar-refractivity contribution in [3.63, 3.8) is 0 Å². The molecule has 2 bridgehead atoms. The van der Waals surface area contributed by atoms with Crippen LogP contribution in [0.1, 0.15) is 35.3 Å². The summed E-state index contributed by atoms with van der Waals surface area (Å²) in [5, 5.41) is 0. The number of rotatable bonds is 1. The van der Waals surface area contributed by atoms with Crippen molar-refractivity contribution in [3.8, 4) is 17.1 Å². The van der Waals surface area contributed by atoms with Gasteiger partial charge in [-0.05, 0) is 49.7 Å². The smallest absolute Gasteiger partial charge is 0.258 e. The Kier molecular flexibility index (Phi) is 5.45. The number of aryl methyl sites for hydroxylation is 1. The van der Waals surface area contributed by atoms with Crippen molar-refractivity contribution in [3.05, 3.63) is 64.8 Å². The number of nitrogen functional groups attached to an aromatic ring is 1. The molecule has 0 saturated carbocycles. The molecule has 0 amide bonds. The van der Waals surface area contributed by atoms with Crippen LogP contribution in [0.15, 0.2) is 47.5 Å². The maximum absolute atomic E-state index is 12.4. The number of ether oxygens (including phenoxy) is 1. The van der Waals surface area contributed by atoms with Crippen molar-refractivity contribution in [2.75, 3.05) is 19.0 Å². The van der Waals surface area contributed by atoms with Gasteiger partial charge < -0.3 is 10.5 Å². The molecule has 2 atom stereocenters. The average molecular weight is 438 g/mol. The van der Waals surface area contributed by atoms with Crippen LogP contribution < -0.4 is 10.5 Å². The number of hydrogen-bond acceptors (Lipinski definition) is 7. The van der Waals surface area contributed by atoms with Crippen LogP contribution in [0.5, 0.6) is 5.88 Å². The van der Waals surface area contributed by atoms with Gasteiger partial charge in [0.15, 0.2) is 5.82 Å². The Balaban J connectivity index is 1.92. The quantitative estimate of drug-likeness (QED) is 0.592. The predicted octanol–water partition coefficient (Wildman–Crippen LogP) is 4.16. The number of benzene rings is 2. The van der Waals surface area contributed by atoms with E-state index in [-0.39, 0.29) is 17.8 Å². The van der Waals surface area contributed by atoms with Gasteiger partial charge in [0.25, 0.3) is 5.88 Å². The maximum atomic E-state index is 12.4. The highest BCUT2D eigenvalue weighted by atomic mass is 32.2. The third kappa shape index (κ3) is 4.40. The van der Waals surface area contributed by atoms with E-state index in [2.05, 4.69) is 47.0 Å². The summed E-state index contributed by atoms with van der Waals surface area (Å²) in [5.74, 6) is 0.488. The van der Waals surface area contributed by atoms with Gasteiger partial charge in [-0.25, -0.2) is 19.0 Å². The molecule has 0 fully saturated rings. The van der Waals surface area contributed by atoms with Gasteiger partial charge in [-0.1, -0.05) is 29.8 Å². The van der Waals surface area contributed by atoms with Crippen molar-refractivity contribution < 1.29 is 8.95 Å². The number of nitrogens with zero attached hydrogens (tertiary/aromatic N) is 3. The van der Waals surface area contributed by atoms with E-state index in [9.17, 15) is 4.21 Å². The molecule has 8 heteroatoms. The molecular weight excluding hydrogens is 410 g/mol. The Labute approximate surface area is 183 Å². The lowest BCUT2D eigenvalue weighted by Crippen LogP contribution is -2.21. The maximum Gasteiger partial charge on any atom is 0.258 e. The fraction of sp³-hybridized carbons (Fsp3) is 0.304. The zero-order chi connectivity index (χ0) is 22.3. The summed E-state index contributed by atoms with van der Waals surface area (Å²) in [6, 6.07) is 11.8. The molecule has 162 valence electrons. The molecule has 2 heterocycles. The van der Waals surface area contributed by atoms with Gasteiger partial charge in [0.1, 0.15) is 6.10 Å². The van der Waals surface area contributed by atoms with Gasteiger partial charge in [0.2, 0.25) is 0 Å². The SMILES string of the molecule is Cc1ccc2c(c1)[C@@H](C)Oc1nc(cnc1N)-c1cc(S(C)(=N)=O)ccc1CN(C)C2. The second-order valence-corrected chi connectivity index (χ2v) is 10.4. The van der Waals surface area contributed by atoms with E-state index in [1.165, 1.54) is 11.8 Å². The number of nitrogens with one attached hydrogen (secondary N) is 1. The van der Waals surface area contributed by atoms with Crippen molar-refractivity contribution in [1.82, 2.24) is 14.9 Å². The minimum absolute atomic E-state index is 0.219. The molecule has 1 aliphatic heterocycles. The molecule has 31 heavy (non-hydrogen) atoms. The summed E-state index contributed by atoms with van der Waals surface area (Å²) in [4.78, 5) is 11.6. The summed E-state index contributed by atoms with van der Waals surface area (Å²) >= 11 is 0. The standard InChI is InChI=1S/C23H27N5O2S/c1-14-5-6-16-12-28(3)13-17-7-8-18(31(4,25)29)10-20(17)21-11-26-22(24)23(27-21)30-15(2)19(16)9-14/h5-11,15,25H,12-13H2,1-4H3,(H2,24,26)/t15-,31?/m1/s1. The molecule has 0 radical (unpaired) electrons. The van der Waals surface area contributed by atoms with Crippen molar-refractivity contribution in [2.24, 2.45) is 0 Å². The highest BCUT2D eigenvalue weighted by molar-refractivity contribution is 7.91. The van der Waals surface area contributed by atoms with Crippen LogP contribution in [0.4, 0.5) is 5.82 Å². The van der Waals surface area contributed by atoms with Crippen LogP contribution in [0.25, 0.3) is 11.3 Å². The zero-order valence-corrected chi connectivity index (χ0v) is 19.0. The monoisotopic (exact) mass is 437 g/mol. The van der Waals surface area contributed by atoms with E-state index in [4.69, 9.17) is 15.3 Å². The second-order valence-electron chi connectivity index (χ2n) is 8.24. The lowest BCUT2D eigenvalue weighted by molar-refractivity contribution is 0.214. The van der Waals surface area contributed by atoms with Crippen LogP contribution in [-0.4, -0.2) is 32.4 Å². The van der Waals surface area contributed by atoms with E-state index in [1.54, 1.807) is 18.3 Å². The molecule has 1 aliphatic rings. The first-order valence-electron chi connectivity index (χ1n) is 10.1. The molecule has 0 aliphatic carbocycles. The van der Waals surface area contributed by atoms with E-state index >= 15 is 0 Å². The van der Waals surface area contributed by atoms with E-state index in [0.717, 1.165) is 28.8 Å². The molecule has 4 rings (SSSR count). The first kappa shape index (κ1) is 21.3. The van der Waals surface area contributed by atoms with Crippen molar-refractivity contribution in [2.45, 2.75) is 37.9 Å². The topological polar surface area (TPSA) is 105 Å². The Hall–Kier alpha value is -2.97. The molecule has 7 nitrogen and oxygen atoms in total. The van der Waals surface area contributed by atoms with Gasteiger partial charge in [0.05, 0.1) is 21.6 Å². The molecular formula is C23H27N5O2S. The van der Waals surface area contributed by atoms with Crippen LogP contribution in [0.3, 0.4) is 0 Å². The van der Waals surface area contributed by atoms with Gasteiger partial charge in [-0.15, -0.1) is 0 Å². The number of aromatic nitrogens is 2. The van der Waals surface area contributed by atoms with Crippen LogP contribution in [-0.2, 0) is 22.8 Å². The summed E-state index contributed by atoms with van der Waals surface area (Å²) < 4.78 is 26.5. The van der Waals surface area contributed by atoms with E-state index in [0.29, 0.717) is 17.1 Å². The van der Waals surface area contributed by atoms with Gasteiger partial charge >= 0.3 is 0 Å². The minimum atomic E-state index is -2.87.